The van der Waals surface area contributed by atoms with Gasteiger partial charge >= 0.3 is 0 Å². The predicted molar refractivity (Wildman–Crippen MR) is 119 cm³/mol. The van der Waals surface area contributed by atoms with Crippen LogP contribution in [-0.4, -0.2) is 26.8 Å². The molecule has 0 aliphatic rings. The second kappa shape index (κ2) is 9.90. The summed E-state index contributed by atoms with van der Waals surface area (Å²) in [5.74, 6) is -0.787. The van der Waals surface area contributed by atoms with E-state index >= 15 is 0 Å². The van der Waals surface area contributed by atoms with Gasteiger partial charge in [-0.2, -0.15) is 0 Å². The van der Waals surface area contributed by atoms with E-state index in [1.165, 1.54) is 24.3 Å². The third-order valence-electron chi connectivity index (χ3n) is 4.56. The summed E-state index contributed by atoms with van der Waals surface area (Å²) in [6.07, 6.45) is 0. The van der Waals surface area contributed by atoms with E-state index in [9.17, 15) is 18.0 Å². The molecule has 31 heavy (non-hydrogen) atoms. The van der Waals surface area contributed by atoms with Gasteiger partial charge in [0.15, 0.2) is 0 Å². The van der Waals surface area contributed by atoms with Crippen LogP contribution >= 0.6 is 0 Å². The molecule has 0 aromatic heterocycles. The summed E-state index contributed by atoms with van der Waals surface area (Å²) in [6.45, 7) is 2.00. The van der Waals surface area contributed by atoms with Crippen LogP contribution in [-0.2, 0) is 21.4 Å². The summed E-state index contributed by atoms with van der Waals surface area (Å²) in [4.78, 5) is 24.2. The van der Waals surface area contributed by atoms with Gasteiger partial charge in [0.1, 0.15) is 0 Å². The van der Waals surface area contributed by atoms with Crippen LogP contribution in [0.4, 0.5) is 5.69 Å². The zero-order valence-electron chi connectivity index (χ0n) is 17.0. The molecule has 3 rings (SSSR count). The van der Waals surface area contributed by atoms with E-state index in [-0.39, 0.29) is 22.9 Å². The van der Waals surface area contributed by atoms with Gasteiger partial charge in [0.2, 0.25) is 5.91 Å². The van der Waals surface area contributed by atoms with Gasteiger partial charge in [0.05, 0.1) is 17.1 Å². The minimum absolute atomic E-state index is 0.0351. The number of para-hydroxylation sites is 1. The van der Waals surface area contributed by atoms with Crippen molar-refractivity contribution in [2.24, 2.45) is 0 Å². The van der Waals surface area contributed by atoms with Crippen molar-refractivity contribution in [1.82, 2.24) is 10.6 Å². The second-order valence-corrected chi connectivity index (χ2v) is 8.57. The van der Waals surface area contributed by atoms with Crippen LogP contribution in [0.2, 0.25) is 0 Å². The molecular formula is C23H23N3O4S. The topological polar surface area (TPSA) is 104 Å². The molecule has 0 saturated heterocycles. The van der Waals surface area contributed by atoms with Crippen LogP contribution in [0.5, 0.6) is 0 Å². The van der Waals surface area contributed by atoms with E-state index in [4.69, 9.17) is 0 Å². The molecule has 0 unspecified atom stereocenters. The number of carbonyl (C=O) groups is 2. The first-order valence-electron chi connectivity index (χ1n) is 9.62. The van der Waals surface area contributed by atoms with Crippen molar-refractivity contribution in [1.29, 1.82) is 0 Å². The van der Waals surface area contributed by atoms with Gasteiger partial charge in [-0.15, -0.1) is 0 Å². The average Bonchev–Trinajstić information content (AvgIpc) is 2.78. The highest BCUT2D eigenvalue weighted by Gasteiger charge is 2.16. The van der Waals surface area contributed by atoms with Crippen LogP contribution in [0.15, 0.2) is 83.8 Å². The molecule has 2 amide bonds. The van der Waals surface area contributed by atoms with Gasteiger partial charge in [0.25, 0.3) is 15.9 Å². The van der Waals surface area contributed by atoms with Gasteiger partial charge in [-0.1, -0.05) is 48.5 Å². The second-order valence-electron chi connectivity index (χ2n) is 6.89. The van der Waals surface area contributed by atoms with Crippen molar-refractivity contribution in [3.05, 3.63) is 95.6 Å². The third-order valence-corrected chi connectivity index (χ3v) is 5.94. The maximum Gasteiger partial charge on any atom is 0.261 e. The molecule has 0 aliphatic carbocycles. The van der Waals surface area contributed by atoms with Crippen molar-refractivity contribution in [3.8, 4) is 0 Å². The van der Waals surface area contributed by atoms with Gasteiger partial charge in [0, 0.05) is 12.1 Å². The SMILES string of the molecule is Cc1ccccc1NS(=O)(=O)c1ccc(C(=O)NCC(=O)NCc2ccccc2)cc1. The molecule has 0 saturated carbocycles. The number of nitrogens with one attached hydrogen (secondary N) is 3. The molecule has 0 atom stereocenters. The lowest BCUT2D eigenvalue weighted by atomic mass is 10.2. The number of sulfonamides is 1. The van der Waals surface area contributed by atoms with Crippen LogP contribution < -0.4 is 15.4 Å². The van der Waals surface area contributed by atoms with E-state index in [0.29, 0.717) is 12.2 Å². The fraction of sp³-hybridized carbons (Fsp3) is 0.130. The minimum atomic E-state index is -3.78. The zero-order chi connectivity index (χ0) is 22.3. The molecule has 7 nitrogen and oxygen atoms in total. The lowest BCUT2D eigenvalue weighted by Crippen LogP contribution is -2.36. The number of anilines is 1. The summed E-state index contributed by atoms with van der Waals surface area (Å²) in [7, 11) is -3.78. The molecule has 0 radical (unpaired) electrons. The van der Waals surface area contributed by atoms with E-state index < -0.39 is 15.9 Å². The number of amides is 2. The number of hydrogen-bond donors (Lipinski definition) is 3. The molecule has 8 heteroatoms. The summed E-state index contributed by atoms with van der Waals surface area (Å²) in [6, 6.07) is 22.0. The smallest absolute Gasteiger partial charge is 0.261 e. The van der Waals surface area contributed by atoms with Crippen molar-refractivity contribution in [2.45, 2.75) is 18.4 Å². The van der Waals surface area contributed by atoms with Gasteiger partial charge in [-0.05, 0) is 48.4 Å². The Bertz CT molecular complexity index is 1160. The number of carbonyl (C=O) groups excluding carboxylic acids is 2. The first kappa shape index (κ1) is 22.0. The Labute approximate surface area is 181 Å². The minimum Gasteiger partial charge on any atom is -0.350 e. The lowest BCUT2D eigenvalue weighted by Gasteiger charge is -2.11. The van der Waals surface area contributed by atoms with Crippen molar-refractivity contribution in [3.63, 3.8) is 0 Å². The Morgan fingerprint density at radius 2 is 1.45 bits per heavy atom. The lowest BCUT2D eigenvalue weighted by molar-refractivity contribution is -0.120. The normalized spacial score (nSPS) is 10.9. The predicted octanol–water partition coefficient (Wildman–Crippen LogP) is 2.84. The molecule has 0 aliphatic heterocycles. The van der Waals surface area contributed by atoms with Crippen LogP contribution in [0.25, 0.3) is 0 Å². The number of rotatable bonds is 8. The van der Waals surface area contributed by atoms with E-state index in [0.717, 1.165) is 11.1 Å². The molecule has 0 spiro atoms. The van der Waals surface area contributed by atoms with Crippen LogP contribution in [0.1, 0.15) is 21.5 Å². The Morgan fingerprint density at radius 3 is 2.13 bits per heavy atom. The molecule has 3 aromatic rings. The number of hydrogen-bond acceptors (Lipinski definition) is 4. The fourth-order valence-electron chi connectivity index (χ4n) is 2.80. The molecule has 0 fully saturated rings. The van der Waals surface area contributed by atoms with Crippen molar-refractivity contribution < 1.29 is 18.0 Å². The highest BCUT2D eigenvalue weighted by atomic mass is 32.2. The summed E-state index contributed by atoms with van der Waals surface area (Å²) in [5, 5.41) is 5.25. The maximum atomic E-state index is 12.6. The van der Waals surface area contributed by atoms with Crippen LogP contribution in [0.3, 0.4) is 0 Å². The maximum absolute atomic E-state index is 12.6. The Hall–Kier alpha value is -3.65. The molecule has 0 heterocycles. The van der Waals surface area contributed by atoms with E-state index in [1.807, 2.05) is 36.4 Å². The highest BCUT2D eigenvalue weighted by molar-refractivity contribution is 7.92. The van der Waals surface area contributed by atoms with E-state index in [2.05, 4.69) is 15.4 Å². The van der Waals surface area contributed by atoms with Crippen molar-refractivity contribution in [2.75, 3.05) is 11.3 Å². The molecule has 3 aromatic carbocycles. The molecular weight excluding hydrogens is 414 g/mol. The van der Waals surface area contributed by atoms with Crippen LogP contribution in [0, 0.1) is 6.92 Å². The zero-order valence-corrected chi connectivity index (χ0v) is 17.8. The Morgan fingerprint density at radius 1 is 0.806 bits per heavy atom. The largest absolute Gasteiger partial charge is 0.350 e. The first-order valence-corrected chi connectivity index (χ1v) is 11.1. The van der Waals surface area contributed by atoms with Gasteiger partial charge < -0.3 is 10.6 Å². The summed E-state index contributed by atoms with van der Waals surface area (Å²) >= 11 is 0. The average molecular weight is 438 g/mol. The van der Waals surface area contributed by atoms with E-state index in [1.54, 1.807) is 25.1 Å². The Balaban J connectivity index is 1.54. The Kier molecular flexibility index (Phi) is 7.04. The monoisotopic (exact) mass is 437 g/mol. The molecule has 160 valence electrons. The summed E-state index contributed by atoms with van der Waals surface area (Å²) < 4.78 is 27.7. The van der Waals surface area contributed by atoms with Gasteiger partial charge in [-0.3, -0.25) is 14.3 Å². The summed E-state index contributed by atoms with van der Waals surface area (Å²) in [5.41, 5.74) is 2.50. The third kappa shape index (κ3) is 6.16. The van der Waals surface area contributed by atoms with Gasteiger partial charge in [-0.25, -0.2) is 8.42 Å². The number of aryl methyl sites for hydroxylation is 1. The van der Waals surface area contributed by atoms with Crippen molar-refractivity contribution >= 4 is 27.5 Å². The highest BCUT2D eigenvalue weighted by Crippen LogP contribution is 2.19. The first-order chi connectivity index (χ1) is 14.8. The standard InChI is InChI=1S/C23H23N3O4S/c1-17-7-5-6-10-21(17)26-31(29,30)20-13-11-19(12-14-20)23(28)25-16-22(27)24-15-18-8-3-2-4-9-18/h2-14,26H,15-16H2,1H3,(H,24,27)(H,25,28). The fourth-order valence-corrected chi connectivity index (χ4v) is 3.93. The quantitative estimate of drug-likeness (QED) is 0.504. The molecule has 0 bridgehead atoms. The number of benzene rings is 3. The molecule has 3 N–H and O–H groups in total.